The topological polar surface area (TPSA) is 104 Å². The van der Waals surface area contributed by atoms with E-state index in [1.54, 1.807) is 29.0 Å². The smallest absolute Gasteiger partial charge is 0.311 e. The van der Waals surface area contributed by atoms with Crippen LogP contribution < -0.4 is 24.0 Å². The summed E-state index contributed by atoms with van der Waals surface area (Å²) in [6.07, 6.45) is 2.52. The molecule has 3 aromatic rings. The molecule has 2 aliphatic heterocycles. The normalized spacial score (nSPS) is 23.4. The molecule has 10 nitrogen and oxygen atoms in total. The second kappa shape index (κ2) is 12.5. The number of hydrogen-bond acceptors (Lipinski definition) is 8. The molecule has 2 bridgehead atoms. The first kappa shape index (κ1) is 33.2. The zero-order valence-electron chi connectivity index (χ0n) is 28.9. The Labute approximate surface area is 288 Å². The third-order valence-corrected chi connectivity index (χ3v) is 12.1. The highest BCUT2D eigenvalue weighted by molar-refractivity contribution is 6.76. The Morgan fingerprint density at radius 1 is 0.918 bits per heavy atom. The minimum atomic E-state index is -1.39. The minimum Gasteiger partial charge on any atom is -0.497 e. The summed E-state index contributed by atoms with van der Waals surface area (Å²) < 4.78 is 29.6. The number of carbonyl (C=O) groups is 3. The van der Waals surface area contributed by atoms with Gasteiger partial charge in [0.25, 0.3) is 11.8 Å². The molecule has 3 aromatic carbocycles. The molecule has 0 aromatic heterocycles. The molecule has 0 saturated heterocycles. The number of carbonyl (C=O) groups excluding carboxylic acids is 3. The third kappa shape index (κ3) is 6.07. The number of amides is 2. The van der Waals surface area contributed by atoms with E-state index in [-0.39, 0.29) is 36.5 Å². The number of nitrogens with zero attached hydrogens (tertiary/aromatic N) is 2. The summed E-state index contributed by atoms with van der Waals surface area (Å²) >= 11 is 0. The lowest BCUT2D eigenvalue weighted by atomic mass is 9.35. The fourth-order valence-electron chi connectivity index (χ4n) is 7.80. The lowest BCUT2D eigenvalue weighted by Gasteiger charge is -2.68. The van der Waals surface area contributed by atoms with Crippen LogP contribution in [-0.2, 0) is 32.1 Å². The van der Waals surface area contributed by atoms with Gasteiger partial charge in [-0.1, -0.05) is 56.0 Å². The summed E-state index contributed by atoms with van der Waals surface area (Å²) in [5, 5.41) is 0. The number of benzene rings is 3. The highest BCUT2D eigenvalue weighted by atomic mass is 28.3. The standard InChI is InChI=1S/C38H44N2O8Si/c1-44-27-12-11-26-15-31-35(42)39(24-46-13-14-49(3,4)5)30-18-33(48-23-37-20-38(21-37,22-37)36(43)45-2)32(47-19-25-9-7-6-8-10-25)17-28(30)34(41)40(31)29(26)16-27/h6-12,16-18,31H,13-15,19-24H2,1-5H3. The molecule has 0 N–H and O–H groups in total. The van der Waals surface area contributed by atoms with E-state index < -0.39 is 19.5 Å². The van der Waals surface area contributed by atoms with Crippen LogP contribution in [-0.4, -0.2) is 66.1 Å². The summed E-state index contributed by atoms with van der Waals surface area (Å²) in [6, 6.07) is 19.0. The first-order valence-corrected chi connectivity index (χ1v) is 20.6. The van der Waals surface area contributed by atoms with Crippen molar-refractivity contribution >= 4 is 37.2 Å². The van der Waals surface area contributed by atoms with Crippen LogP contribution in [0.5, 0.6) is 17.2 Å². The SMILES string of the molecule is COC(=O)C12CC(COc3cc4c(cc3OCc3ccccc3)C(=O)N3c5cc(OC)ccc5CC3C(=O)N4COCC[Si](C)(C)C)(C1)C2. The van der Waals surface area contributed by atoms with E-state index in [0.29, 0.717) is 73.1 Å². The van der Waals surface area contributed by atoms with Crippen LogP contribution >= 0.6 is 0 Å². The lowest BCUT2D eigenvalue weighted by molar-refractivity contribution is -0.233. The maximum atomic E-state index is 14.6. The van der Waals surface area contributed by atoms with Crippen molar-refractivity contribution < 1.29 is 38.1 Å². The van der Waals surface area contributed by atoms with Gasteiger partial charge in [0.1, 0.15) is 25.1 Å². The summed E-state index contributed by atoms with van der Waals surface area (Å²) in [7, 11) is 1.63. The molecule has 258 valence electrons. The van der Waals surface area contributed by atoms with Gasteiger partial charge < -0.3 is 23.7 Å². The van der Waals surface area contributed by atoms with Gasteiger partial charge in [-0.2, -0.15) is 0 Å². The molecule has 1 atom stereocenters. The van der Waals surface area contributed by atoms with E-state index >= 15 is 0 Å². The summed E-state index contributed by atoms with van der Waals surface area (Å²) in [4.78, 5) is 44.6. The van der Waals surface area contributed by atoms with Crippen LogP contribution in [0.3, 0.4) is 0 Å². The molecule has 5 aliphatic rings. The quantitative estimate of drug-likeness (QED) is 0.119. The molecule has 2 amide bonds. The molecule has 3 fully saturated rings. The highest BCUT2D eigenvalue weighted by Gasteiger charge is 2.72. The van der Waals surface area contributed by atoms with Crippen molar-refractivity contribution in [3.63, 3.8) is 0 Å². The third-order valence-electron chi connectivity index (χ3n) is 10.4. The van der Waals surface area contributed by atoms with Crippen LogP contribution in [0.2, 0.25) is 25.7 Å². The van der Waals surface area contributed by atoms with Gasteiger partial charge in [-0.3, -0.25) is 24.2 Å². The van der Waals surface area contributed by atoms with Crippen molar-refractivity contribution in [2.24, 2.45) is 10.8 Å². The first-order valence-electron chi connectivity index (χ1n) is 16.9. The Morgan fingerprint density at radius 3 is 2.35 bits per heavy atom. The number of esters is 1. The molecule has 2 heterocycles. The Kier molecular flexibility index (Phi) is 8.47. The van der Waals surface area contributed by atoms with Crippen LogP contribution in [0.1, 0.15) is 40.7 Å². The summed E-state index contributed by atoms with van der Waals surface area (Å²) in [5.41, 5.74) is 2.76. The van der Waals surface area contributed by atoms with E-state index in [4.69, 9.17) is 23.7 Å². The largest absolute Gasteiger partial charge is 0.497 e. The zero-order valence-corrected chi connectivity index (χ0v) is 29.9. The highest BCUT2D eigenvalue weighted by Crippen LogP contribution is 2.73. The Hall–Kier alpha value is -4.35. The number of hydrogen-bond donors (Lipinski definition) is 0. The van der Waals surface area contributed by atoms with Gasteiger partial charge in [0, 0.05) is 38.6 Å². The molecule has 0 spiro atoms. The zero-order chi connectivity index (χ0) is 34.6. The minimum absolute atomic E-state index is 0.00282. The number of rotatable bonds is 13. The van der Waals surface area contributed by atoms with E-state index in [1.165, 1.54) is 7.11 Å². The number of methoxy groups -OCH3 is 2. The molecule has 3 saturated carbocycles. The van der Waals surface area contributed by atoms with Crippen LogP contribution in [0, 0.1) is 10.8 Å². The van der Waals surface area contributed by atoms with Crippen molar-refractivity contribution in [3.8, 4) is 17.2 Å². The second-order valence-corrected chi connectivity index (χ2v) is 20.8. The van der Waals surface area contributed by atoms with Gasteiger partial charge in [-0.25, -0.2) is 0 Å². The lowest BCUT2D eigenvalue weighted by Crippen LogP contribution is -2.67. The summed E-state index contributed by atoms with van der Waals surface area (Å²) in [5.74, 6) is 0.755. The summed E-state index contributed by atoms with van der Waals surface area (Å²) in [6.45, 7) is 8.00. The second-order valence-electron chi connectivity index (χ2n) is 15.2. The number of anilines is 2. The average Bonchev–Trinajstić information content (AvgIpc) is 3.41. The van der Waals surface area contributed by atoms with E-state index in [9.17, 15) is 14.4 Å². The average molecular weight is 685 g/mol. The van der Waals surface area contributed by atoms with Crippen molar-refractivity contribution in [1.82, 2.24) is 0 Å². The van der Waals surface area contributed by atoms with Gasteiger partial charge >= 0.3 is 5.97 Å². The van der Waals surface area contributed by atoms with E-state index in [2.05, 4.69) is 19.6 Å². The fourth-order valence-corrected chi connectivity index (χ4v) is 8.56. The van der Waals surface area contributed by atoms with E-state index in [0.717, 1.165) is 17.2 Å². The van der Waals surface area contributed by atoms with Crippen LogP contribution in [0.25, 0.3) is 0 Å². The van der Waals surface area contributed by atoms with Gasteiger partial charge in [0.15, 0.2) is 11.5 Å². The first-order chi connectivity index (χ1) is 23.4. The van der Waals surface area contributed by atoms with Gasteiger partial charge in [0.2, 0.25) is 0 Å². The fraction of sp³-hybridized carbons (Fsp3) is 0.447. The van der Waals surface area contributed by atoms with Gasteiger partial charge in [0.05, 0.1) is 43.2 Å². The van der Waals surface area contributed by atoms with Crippen molar-refractivity contribution in [3.05, 3.63) is 77.4 Å². The predicted molar refractivity (Wildman–Crippen MR) is 187 cm³/mol. The van der Waals surface area contributed by atoms with Crippen molar-refractivity contribution in [2.45, 2.75) is 64.0 Å². The molecule has 0 radical (unpaired) electrons. The Balaban J connectivity index is 1.25. The molecular formula is C38H44N2O8Si. The molecule has 8 rings (SSSR count). The predicted octanol–water partition coefficient (Wildman–Crippen LogP) is 6.23. The monoisotopic (exact) mass is 684 g/mol. The maximum absolute atomic E-state index is 14.6. The van der Waals surface area contributed by atoms with Gasteiger partial charge in [-0.15, -0.1) is 0 Å². The molecule has 11 heteroatoms. The van der Waals surface area contributed by atoms with E-state index in [1.807, 2.05) is 48.5 Å². The van der Waals surface area contributed by atoms with Crippen LogP contribution in [0.15, 0.2) is 60.7 Å². The van der Waals surface area contributed by atoms with Crippen LogP contribution in [0.4, 0.5) is 11.4 Å². The molecule has 3 aliphatic carbocycles. The number of fused-ring (bicyclic) bond motifs is 4. The Bertz CT molecular complexity index is 1770. The van der Waals surface area contributed by atoms with Crippen molar-refractivity contribution in [2.75, 3.05) is 44.0 Å². The molecule has 49 heavy (non-hydrogen) atoms. The van der Waals surface area contributed by atoms with Crippen molar-refractivity contribution in [1.29, 1.82) is 0 Å². The Morgan fingerprint density at radius 2 is 1.65 bits per heavy atom. The number of ether oxygens (including phenoxy) is 5. The maximum Gasteiger partial charge on any atom is 0.311 e. The van der Waals surface area contributed by atoms with Gasteiger partial charge in [-0.05, 0) is 48.6 Å². The molecular weight excluding hydrogens is 641 g/mol. The molecule has 1 unspecified atom stereocenters.